The van der Waals surface area contributed by atoms with Gasteiger partial charge in [-0.25, -0.2) is 0 Å². The number of carboxylic acid groups (broad SMARTS) is 1. The van der Waals surface area contributed by atoms with Crippen LogP contribution in [0.5, 0.6) is 0 Å². The fourth-order valence-corrected chi connectivity index (χ4v) is 2.82. The second-order valence-electron chi connectivity index (χ2n) is 7.34. The molecule has 0 aromatic rings. The molecule has 0 atom stereocenters. The molecule has 0 aliphatic heterocycles. The number of hydrogen-bond donors (Lipinski definition) is 2. The highest BCUT2D eigenvalue weighted by atomic mass is 19.4. The topological polar surface area (TPSA) is 79.8 Å². The first-order valence-corrected chi connectivity index (χ1v) is 11.1. The molecule has 0 aromatic heterocycles. The number of unbranched alkanes of at least 4 members (excludes halogenated alkanes) is 13. The van der Waals surface area contributed by atoms with Gasteiger partial charge in [-0.2, -0.15) is 13.2 Å². The number of aliphatic carboxylic acids is 1. The standard InChI is InChI=1S/C19H42N2.C2HF3O2/c1-2-3-4-5-6-7-8-9-12-15-18-21-19-16-13-10-11-14-17-20;3-2(4,5)1(6)7/h21H,2-20H2,1H3;(H,6,7). The van der Waals surface area contributed by atoms with Crippen molar-refractivity contribution in [1.82, 2.24) is 5.32 Å². The van der Waals surface area contributed by atoms with Crippen molar-refractivity contribution >= 4 is 5.97 Å². The van der Waals surface area contributed by atoms with Crippen molar-refractivity contribution in [2.75, 3.05) is 19.6 Å². The van der Waals surface area contributed by atoms with Crippen molar-refractivity contribution in [2.24, 2.45) is 0 Å². The Morgan fingerprint density at radius 1 is 0.750 bits per heavy atom. The Bertz CT molecular complexity index is 309. The maximum Gasteiger partial charge on any atom is 0.430 e. The van der Waals surface area contributed by atoms with Gasteiger partial charge in [0.1, 0.15) is 5.97 Å². The third kappa shape index (κ3) is 27.4. The van der Waals surface area contributed by atoms with Crippen LogP contribution in [0.3, 0.4) is 0 Å². The number of carbonyl (C=O) groups excluding carboxylic acids is 1. The average Bonchev–Trinajstić information content (AvgIpc) is 2.64. The van der Waals surface area contributed by atoms with Gasteiger partial charge in [-0.15, -0.1) is 0 Å². The Kier molecular flexibility index (Phi) is 23.6. The molecule has 0 rings (SSSR count). The Morgan fingerprint density at radius 3 is 1.39 bits per heavy atom. The predicted molar refractivity (Wildman–Crippen MR) is 107 cm³/mol. The molecule has 0 heterocycles. The summed E-state index contributed by atoms with van der Waals surface area (Å²) in [5, 5.41) is 12.4. The molecule has 0 radical (unpaired) electrons. The van der Waals surface area contributed by atoms with E-state index in [2.05, 4.69) is 18.0 Å². The van der Waals surface area contributed by atoms with E-state index in [0.717, 1.165) is 6.54 Å². The molecule has 28 heavy (non-hydrogen) atoms. The van der Waals surface area contributed by atoms with Crippen LogP contribution in [-0.4, -0.2) is 31.8 Å². The first kappa shape index (κ1) is 29.4. The van der Waals surface area contributed by atoms with Crippen LogP contribution in [-0.2, 0) is 4.79 Å². The monoisotopic (exact) mass is 412 g/mol. The van der Waals surface area contributed by atoms with Gasteiger partial charge in [-0.05, 0) is 38.8 Å². The average molecular weight is 413 g/mol. The second-order valence-corrected chi connectivity index (χ2v) is 7.34. The lowest BCUT2D eigenvalue weighted by atomic mass is 10.1. The van der Waals surface area contributed by atoms with Gasteiger partial charge in [-0.1, -0.05) is 77.6 Å². The molecule has 0 fully saturated rings. The maximum absolute atomic E-state index is 10.5. The van der Waals surface area contributed by atoms with Crippen LogP contribution in [0.1, 0.15) is 103 Å². The van der Waals surface area contributed by atoms with Crippen molar-refractivity contribution in [3.05, 3.63) is 0 Å². The van der Waals surface area contributed by atoms with E-state index in [9.17, 15) is 13.2 Å². The number of hydrogen-bond acceptors (Lipinski definition) is 3. The van der Waals surface area contributed by atoms with Crippen molar-refractivity contribution in [3.63, 3.8) is 0 Å². The van der Waals surface area contributed by atoms with Crippen molar-refractivity contribution in [2.45, 2.75) is 109 Å². The van der Waals surface area contributed by atoms with Crippen molar-refractivity contribution in [3.8, 4) is 0 Å². The number of alkyl halides is 3. The van der Waals surface area contributed by atoms with Crippen LogP contribution in [0, 0.1) is 0 Å². The third-order valence-electron chi connectivity index (χ3n) is 4.54. The van der Waals surface area contributed by atoms with E-state index in [1.165, 1.54) is 109 Å². The maximum atomic E-state index is 10.5. The molecule has 0 aliphatic carbocycles. The first-order chi connectivity index (χ1) is 13.4. The Hall–Kier alpha value is -0.820. The van der Waals surface area contributed by atoms with Crippen LogP contribution < -0.4 is 16.2 Å². The van der Waals surface area contributed by atoms with E-state index in [-0.39, 0.29) is 0 Å². The Labute approximate surface area is 169 Å². The van der Waals surface area contributed by atoms with Crippen molar-refractivity contribution < 1.29 is 28.8 Å². The molecule has 0 unspecified atom stereocenters. The van der Waals surface area contributed by atoms with Gasteiger partial charge in [0.15, 0.2) is 0 Å². The highest BCUT2D eigenvalue weighted by Gasteiger charge is 2.28. The molecule has 0 spiro atoms. The van der Waals surface area contributed by atoms with Gasteiger partial charge >= 0.3 is 6.18 Å². The summed E-state index contributed by atoms with van der Waals surface area (Å²) in [6.45, 7) is 5.85. The van der Waals surface area contributed by atoms with E-state index in [1.54, 1.807) is 0 Å². The quantitative estimate of drug-likeness (QED) is 0.334. The fraction of sp³-hybridized carbons (Fsp3) is 0.952. The van der Waals surface area contributed by atoms with E-state index in [1.807, 2.05) is 0 Å². The smallest absolute Gasteiger partial charge is 0.430 e. The van der Waals surface area contributed by atoms with Crippen LogP contribution in [0.4, 0.5) is 13.2 Å². The molecular weight excluding hydrogens is 369 g/mol. The van der Waals surface area contributed by atoms with Crippen molar-refractivity contribution in [1.29, 1.82) is 0 Å². The lowest BCUT2D eigenvalue weighted by Crippen LogP contribution is -2.50. The number of nitrogens with one attached hydrogen (secondary N) is 1. The molecular formula is C21H43F3N2O2. The SMILES string of the molecule is CCCCCCCCCCCCNCCCCCCC[NH3+].O=C([O-])C(F)(F)F. The number of halogens is 3. The lowest BCUT2D eigenvalue weighted by Gasteiger charge is -2.05. The zero-order valence-corrected chi connectivity index (χ0v) is 17.9. The largest absolute Gasteiger partial charge is 0.542 e. The summed E-state index contributed by atoms with van der Waals surface area (Å²) in [5.74, 6) is -3.01. The molecule has 0 bridgehead atoms. The normalized spacial score (nSPS) is 11.2. The van der Waals surface area contributed by atoms with E-state index in [0.29, 0.717) is 0 Å². The number of carboxylic acids is 1. The van der Waals surface area contributed by atoms with E-state index >= 15 is 0 Å². The van der Waals surface area contributed by atoms with Gasteiger partial charge in [0.05, 0.1) is 6.54 Å². The first-order valence-electron chi connectivity index (χ1n) is 11.1. The second kappa shape index (κ2) is 22.5. The van der Waals surface area contributed by atoms with E-state index < -0.39 is 12.1 Å². The number of quaternary nitrogens is 1. The zero-order valence-electron chi connectivity index (χ0n) is 17.9. The third-order valence-corrected chi connectivity index (χ3v) is 4.54. The zero-order chi connectivity index (χ0) is 21.5. The molecule has 4 nitrogen and oxygen atoms in total. The predicted octanol–water partition coefficient (Wildman–Crippen LogP) is 3.99. The highest BCUT2D eigenvalue weighted by Crippen LogP contribution is 2.11. The summed E-state index contributed by atoms with van der Waals surface area (Å²) >= 11 is 0. The summed E-state index contributed by atoms with van der Waals surface area (Å²) in [4.78, 5) is 8.78. The molecule has 0 aromatic carbocycles. The van der Waals surface area contributed by atoms with Crippen LogP contribution >= 0.6 is 0 Å². The molecule has 0 amide bonds. The minimum atomic E-state index is -5.19. The lowest BCUT2D eigenvalue weighted by molar-refractivity contribution is -0.368. The summed E-state index contributed by atoms with van der Waals surface area (Å²) in [7, 11) is 0. The summed E-state index contributed by atoms with van der Waals surface area (Å²) < 4.78 is 31.5. The summed E-state index contributed by atoms with van der Waals surface area (Å²) in [6, 6.07) is 0. The minimum Gasteiger partial charge on any atom is -0.542 e. The van der Waals surface area contributed by atoms with Crippen LogP contribution in [0.2, 0.25) is 0 Å². The molecule has 0 aliphatic rings. The molecule has 170 valence electrons. The van der Waals surface area contributed by atoms with Crippen LogP contribution in [0.15, 0.2) is 0 Å². The summed E-state index contributed by atoms with van der Waals surface area (Å²) in [5.41, 5.74) is 3.88. The number of carbonyl (C=O) groups is 1. The van der Waals surface area contributed by atoms with Gasteiger partial charge in [0, 0.05) is 0 Å². The van der Waals surface area contributed by atoms with Gasteiger partial charge in [-0.3, -0.25) is 0 Å². The highest BCUT2D eigenvalue weighted by molar-refractivity contribution is 5.70. The Balaban J connectivity index is 0. The molecule has 0 saturated heterocycles. The van der Waals surface area contributed by atoms with E-state index in [4.69, 9.17) is 9.90 Å². The molecule has 0 saturated carbocycles. The van der Waals surface area contributed by atoms with Gasteiger partial charge in [0.2, 0.25) is 0 Å². The Morgan fingerprint density at radius 2 is 1.07 bits per heavy atom. The number of rotatable bonds is 18. The van der Waals surface area contributed by atoms with Gasteiger partial charge in [0.25, 0.3) is 0 Å². The molecule has 7 heteroatoms. The molecule has 4 N–H and O–H groups in total. The minimum absolute atomic E-state index is 1.11. The van der Waals surface area contributed by atoms with Crippen LogP contribution in [0.25, 0.3) is 0 Å². The fourth-order valence-electron chi connectivity index (χ4n) is 2.82. The summed E-state index contributed by atoms with van der Waals surface area (Å²) in [6.07, 6.45) is 16.0. The van der Waals surface area contributed by atoms with Gasteiger partial charge < -0.3 is 21.0 Å².